The van der Waals surface area contributed by atoms with E-state index in [1.807, 2.05) is 0 Å². The van der Waals surface area contributed by atoms with Gasteiger partial charge in [-0.2, -0.15) is 0 Å². The molecule has 0 saturated carbocycles. The molecule has 0 heterocycles. The summed E-state index contributed by atoms with van der Waals surface area (Å²) in [4.78, 5) is 10.1. The lowest BCUT2D eigenvalue weighted by atomic mass is 10.2. The maximum Gasteiger partial charge on any atom is 0.277 e. The van der Waals surface area contributed by atoms with Crippen LogP contribution in [-0.2, 0) is 0 Å². The van der Waals surface area contributed by atoms with Gasteiger partial charge in [0.05, 0.1) is 37.9 Å². The largest absolute Gasteiger partial charge is 0.492 e. The molecule has 1 radical (unpaired) electrons. The fourth-order valence-electron chi connectivity index (χ4n) is 1.22. The second-order valence-corrected chi connectivity index (χ2v) is 2.78. The van der Waals surface area contributed by atoms with Crippen molar-refractivity contribution in [3.63, 3.8) is 0 Å². The molecule has 0 aliphatic rings. The van der Waals surface area contributed by atoms with E-state index in [4.69, 9.17) is 14.2 Å². The highest BCUT2D eigenvalue weighted by molar-refractivity contribution is 5.58. The Kier molecular flexibility index (Phi) is 3.93. The molecule has 0 atom stereocenters. The predicted molar refractivity (Wildman–Crippen MR) is 57.1 cm³/mol. The Morgan fingerprint density at radius 2 is 1.81 bits per heavy atom. The van der Waals surface area contributed by atoms with E-state index in [1.54, 1.807) is 0 Å². The number of hydrogen-bond acceptors (Lipinski definition) is 5. The van der Waals surface area contributed by atoms with Gasteiger partial charge in [-0.25, -0.2) is 0 Å². The minimum atomic E-state index is -0.529. The molecule has 1 aromatic rings. The third-order valence-corrected chi connectivity index (χ3v) is 1.90. The molecule has 0 N–H and O–H groups in total. The SMILES string of the molecule is [CH2]COc1c(OC)cc([N+](=O)[O-])cc1OC. The number of nitro benzene ring substituents is 1. The molecule has 0 unspecified atom stereocenters. The van der Waals surface area contributed by atoms with Crippen LogP contribution >= 0.6 is 0 Å². The molecular weight excluding hydrogens is 214 g/mol. The second-order valence-electron chi connectivity index (χ2n) is 2.78. The van der Waals surface area contributed by atoms with E-state index in [9.17, 15) is 10.1 Å². The van der Waals surface area contributed by atoms with Gasteiger partial charge in [0.15, 0.2) is 11.5 Å². The number of non-ortho nitro benzene ring substituents is 1. The molecule has 1 aromatic carbocycles. The lowest BCUT2D eigenvalue weighted by Crippen LogP contribution is -2.00. The highest BCUT2D eigenvalue weighted by Gasteiger charge is 2.18. The Morgan fingerprint density at radius 1 is 1.31 bits per heavy atom. The van der Waals surface area contributed by atoms with Gasteiger partial charge in [0, 0.05) is 0 Å². The minimum Gasteiger partial charge on any atom is -0.492 e. The van der Waals surface area contributed by atoms with Gasteiger partial charge in [-0.3, -0.25) is 10.1 Å². The third kappa shape index (κ3) is 2.33. The maximum atomic E-state index is 10.6. The Labute approximate surface area is 92.9 Å². The van der Waals surface area contributed by atoms with Crippen molar-refractivity contribution in [3.05, 3.63) is 29.2 Å². The quantitative estimate of drug-likeness (QED) is 0.565. The number of hydrogen-bond donors (Lipinski definition) is 0. The molecule has 0 aromatic heterocycles. The minimum absolute atomic E-state index is 0.120. The second kappa shape index (κ2) is 5.20. The van der Waals surface area contributed by atoms with Crippen molar-refractivity contribution in [2.75, 3.05) is 20.8 Å². The first-order chi connectivity index (χ1) is 7.63. The van der Waals surface area contributed by atoms with Gasteiger partial charge < -0.3 is 14.2 Å². The van der Waals surface area contributed by atoms with Crippen molar-refractivity contribution in [2.24, 2.45) is 0 Å². The Hall–Kier alpha value is -1.98. The van der Waals surface area contributed by atoms with Crippen LogP contribution in [0.2, 0.25) is 0 Å². The van der Waals surface area contributed by atoms with Crippen molar-refractivity contribution in [3.8, 4) is 17.2 Å². The van der Waals surface area contributed by atoms with Gasteiger partial charge in [0.1, 0.15) is 0 Å². The van der Waals surface area contributed by atoms with Crippen molar-refractivity contribution < 1.29 is 19.1 Å². The first-order valence-corrected chi connectivity index (χ1v) is 4.46. The lowest BCUT2D eigenvalue weighted by molar-refractivity contribution is -0.385. The average Bonchev–Trinajstić information content (AvgIpc) is 2.29. The normalized spacial score (nSPS) is 9.69. The van der Waals surface area contributed by atoms with Crippen LogP contribution in [0, 0.1) is 17.0 Å². The van der Waals surface area contributed by atoms with Crippen LogP contribution in [0.25, 0.3) is 0 Å². The zero-order valence-corrected chi connectivity index (χ0v) is 9.06. The Morgan fingerprint density at radius 3 is 2.12 bits per heavy atom. The topological polar surface area (TPSA) is 70.8 Å². The number of benzene rings is 1. The van der Waals surface area contributed by atoms with Gasteiger partial charge in [-0.1, -0.05) is 0 Å². The van der Waals surface area contributed by atoms with Crippen LogP contribution in [0.3, 0.4) is 0 Å². The zero-order chi connectivity index (χ0) is 12.1. The average molecular weight is 226 g/mol. The van der Waals surface area contributed by atoms with Crippen LogP contribution in [0.15, 0.2) is 12.1 Å². The summed E-state index contributed by atoms with van der Waals surface area (Å²) in [5.74, 6) is 0.801. The molecule has 0 fully saturated rings. The summed E-state index contributed by atoms with van der Waals surface area (Å²) < 4.78 is 15.2. The van der Waals surface area contributed by atoms with Gasteiger partial charge in [-0.15, -0.1) is 0 Å². The van der Waals surface area contributed by atoms with Crippen LogP contribution in [0.4, 0.5) is 5.69 Å². The summed E-state index contributed by atoms with van der Waals surface area (Å²) in [5, 5.41) is 10.6. The van der Waals surface area contributed by atoms with E-state index >= 15 is 0 Å². The van der Waals surface area contributed by atoms with Crippen molar-refractivity contribution in [2.45, 2.75) is 0 Å². The van der Waals surface area contributed by atoms with E-state index in [-0.39, 0.29) is 23.8 Å². The fraction of sp³-hybridized carbons (Fsp3) is 0.300. The first-order valence-electron chi connectivity index (χ1n) is 4.46. The summed E-state index contributed by atoms with van der Waals surface area (Å²) in [6, 6.07) is 2.54. The van der Waals surface area contributed by atoms with E-state index in [1.165, 1.54) is 26.4 Å². The molecule has 0 saturated heterocycles. The van der Waals surface area contributed by atoms with E-state index in [2.05, 4.69) is 6.92 Å². The van der Waals surface area contributed by atoms with Gasteiger partial charge >= 0.3 is 0 Å². The highest BCUT2D eigenvalue weighted by Crippen LogP contribution is 2.40. The lowest BCUT2D eigenvalue weighted by Gasteiger charge is -2.12. The summed E-state index contributed by atoms with van der Waals surface area (Å²) in [7, 11) is 2.79. The predicted octanol–water partition coefficient (Wildman–Crippen LogP) is 1.82. The first kappa shape index (κ1) is 12.1. The monoisotopic (exact) mass is 226 g/mol. The molecule has 1 rings (SSSR count). The number of nitrogens with zero attached hydrogens (tertiary/aromatic N) is 1. The Bertz CT molecular complexity index is 366. The molecule has 0 aliphatic heterocycles. The zero-order valence-electron chi connectivity index (χ0n) is 9.06. The standard InChI is InChI=1S/C10H12NO5/c1-4-16-10-8(14-2)5-7(11(12)13)6-9(10)15-3/h5-6H,1,4H2,2-3H3. The molecule has 16 heavy (non-hydrogen) atoms. The van der Waals surface area contributed by atoms with E-state index in [0.717, 1.165) is 0 Å². The van der Waals surface area contributed by atoms with Crippen LogP contribution in [0.5, 0.6) is 17.2 Å². The number of rotatable bonds is 5. The fourth-order valence-corrected chi connectivity index (χ4v) is 1.22. The molecular formula is C10H12NO5. The van der Waals surface area contributed by atoms with E-state index < -0.39 is 4.92 Å². The summed E-state index contributed by atoms with van der Waals surface area (Å²) >= 11 is 0. The molecule has 87 valence electrons. The molecule has 0 amide bonds. The summed E-state index contributed by atoms with van der Waals surface area (Å²) in [6.45, 7) is 3.69. The molecule has 6 nitrogen and oxygen atoms in total. The van der Waals surface area contributed by atoms with Crippen molar-refractivity contribution in [1.29, 1.82) is 0 Å². The summed E-state index contributed by atoms with van der Waals surface area (Å²) in [6.07, 6.45) is 0. The molecule has 0 spiro atoms. The molecule has 6 heteroatoms. The van der Waals surface area contributed by atoms with Crippen LogP contribution in [-0.4, -0.2) is 25.7 Å². The number of methoxy groups -OCH3 is 2. The van der Waals surface area contributed by atoms with Crippen molar-refractivity contribution >= 4 is 5.69 Å². The van der Waals surface area contributed by atoms with Crippen LogP contribution < -0.4 is 14.2 Å². The number of nitro groups is 1. The smallest absolute Gasteiger partial charge is 0.277 e. The van der Waals surface area contributed by atoms with E-state index in [0.29, 0.717) is 5.75 Å². The molecule has 0 bridgehead atoms. The van der Waals surface area contributed by atoms with Gasteiger partial charge in [0.25, 0.3) is 5.69 Å². The maximum absolute atomic E-state index is 10.6. The molecule has 0 aliphatic carbocycles. The summed E-state index contributed by atoms with van der Waals surface area (Å²) in [5.41, 5.74) is -0.120. The highest BCUT2D eigenvalue weighted by atomic mass is 16.6. The third-order valence-electron chi connectivity index (χ3n) is 1.90. The van der Waals surface area contributed by atoms with Crippen molar-refractivity contribution in [1.82, 2.24) is 0 Å². The Balaban J connectivity index is 3.30. The van der Waals surface area contributed by atoms with Gasteiger partial charge in [0.2, 0.25) is 5.75 Å². The van der Waals surface area contributed by atoms with Gasteiger partial charge in [-0.05, 0) is 6.92 Å². The number of ether oxygens (including phenoxy) is 3. The van der Waals surface area contributed by atoms with Crippen LogP contribution in [0.1, 0.15) is 0 Å².